The number of morpholine rings is 1. The maximum atomic E-state index is 5.38. The number of hydrogen-bond donors (Lipinski definition) is 1. The zero-order valence-electron chi connectivity index (χ0n) is 12.7. The third-order valence-corrected chi connectivity index (χ3v) is 3.78. The molecule has 0 amide bonds. The van der Waals surface area contributed by atoms with Crippen molar-refractivity contribution in [2.24, 2.45) is 0 Å². The van der Waals surface area contributed by atoms with Gasteiger partial charge in [-0.3, -0.25) is 14.9 Å². The van der Waals surface area contributed by atoms with Crippen molar-refractivity contribution in [3.63, 3.8) is 0 Å². The van der Waals surface area contributed by atoms with Crippen molar-refractivity contribution in [3.05, 3.63) is 59.7 Å². The molecule has 3 rings (SSSR count). The summed E-state index contributed by atoms with van der Waals surface area (Å²) in [6.45, 7) is 6.35. The van der Waals surface area contributed by atoms with Gasteiger partial charge in [0, 0.05) is 51.3 Å². The second-order valence-electron chi connectivity index (χ2n) is 5.51. The zero-order valence-corrected chi connectivity index (χ0v) is 12.7. The van der Waals surface area contributed by atoms with Crippen LogP contribution < -0.4 is 5.32 Å². The predicted molar refractivity (Wildman–Crippen MR) is 85.1 cm³/mol. The molecule has 5 nitrogen and oxygen atoms in total. The monoisotopic (exact) mass is 298 g/mol. The Morgan fingerprint density at radius 3 is 2.50 bits per heavy atom. The quantitative estimate of drug-likeness (QED) is 0.878. The van der Waals surface area contributed by atoms with Crippen molar-refractivity contribution in [1.29, 1.82) is 0 Å². The average molecular weight is 298 g/mol. The minimum atomic E-state index is 0.739. The summed E-state index contributed by atoms with van der Waals surface area (Å²) in [6, 6.07) is 8.82. The highest BCUT2D eigenvalue weighted by molar-refractivity contribution is 5.22. The van der Waals surface area contributed by atoms with Gasteiger partial charge in [-0.05, 0) is 11.1 Å². The number of rotatable bonds is 6. The van der Waals surface area contributed by atoms with E-state index in [9.17, 15) is 0 Å². The lowest BCUT2D eigenvalue weighted by Crippen LogP contribution is -2.35. The molecule has 22 heavy (non-hydrogen) atoms. The molecule has 116 valence electrons. The van der Waals surface area contributed by atoms with Crippen LogP contribution in [0.1, 0.15) is 16.8 Å². The number of nitrogens with one attached hydrogen (secondary N) is 1. The van der Waals surface area contributed by atoms with Gasteiger partial charge in [-0.1, -0.05) is 24.3 Å². The van der Waals surface area contributed by atoms with E-state index in [1.807, 2.05) is 0 Å². The number of hydrogen-bond acceptors (Lipinski definition) is 5. The van der Waals surface area contributed by atoms with E-state index in [4.69, 9.17) is 4.74 Å². The summed E-state index contributed by atoms with van der Waals surface area (Å²) in [6.07, 6.45) is 5.20. The molecule has 1 aromatic carbocycles. The Morgan fingerprint density at radius 2 is 1.77 bits per heavy atom. The van der Waals surface area contributed by atoms with Gasteiger partial charge in [-0.2, -0.15) is 0 Å². The van der Waals surface area contributed by atoms with E-state index in [0.717, 1.165) is 51.6 Å². The van der Waals surface area contributed by atoms with Gasteiger partial charge >= 0.3 is 0 Å². The normalized spacial score (nSPS) is 15.8. The summed E-state index contributed by atoms with van der Waals surface area (Å²) < 4.78 is 5.38. The van der Waals surface area contributed by atoms with Gasteiger partial charge in [0.1, 0.15) is 0 Å². The Balaban J connectivity index is 1.44. The average Bonchev–Trinajstić information content (AvgIpc) is 2.58. The van der Waals surface area contributed by atoms with Crippen LogP contribution in [0.2, 0.25) is 0 Å². The first-order chi connectivity index (χ1) is 10.9. The van der Waals surface area contributed by atoms with Gasteiger partial charge in [-0.25, -0.2) is 0 Å². The molecule has 5 heteroatoms. The molecule has 2 aromatic rings. The van der Waals surface area contributed by atoms with Gasteiger partial charge in [0.2, 0.25) is 0 Å². The van der Waals surface area contributed by atoms with Gasteiger partial charge < -0.3 is 10.1 Å². The Kier molecular flexibility index (Phi) is 5.48. The van der Waals surface area contributed by atoms with E-state index < -0.39 is 0 Å². The highest BCUT2D eigenvalue weighted by atomic mass is 16.5. The van der Waals surface area contributed by atoms with Crippen LogP contribution in [-0.4, -0.2) is 41.2 Å². The third-order valence-electron chi connectivity index (χ3n) is 3.78. The van der Waals surface area contributed by atoms with Crippen molar-refractivity contribution < 1.29 is 4.74 Å². The lowest BCUT2D eigenvalue weighted by molar-refractivity contribution is 0.0342. The molecule has 0 saturated carbocycles. The Morgan fingerprint density at radius 1 is 1.00 bits per heavy atom. The molecular formula is C17H22N4O. The summed E-state index contributed by atoms with van der Waals surface area (Å²) in [5.74, 6) is 0. The molecular weight excluding hydrogens is 276 g/mol. The van der Waals surface area contributed by atoms with Gasteiger partial charge in [-0.15, -0.1) is 0 Å². The molecule has 0 atom stereocenters. The van der Waals surface area contributed by atoms with Gasteiger partial charge in [0.25, 0.3) is 0 Å². The van der Waals surface area contributed by atoms with E-state index in [0.29, 0.717) is 0 Å². The number of benzene rings is 1. The summed E-state index contributed by atoms with van der Waals surface area (Å²) in [7, 11) is 0. The fraction of sp³-hybridized carbons (Fsp3) is 0.412. The second kappa shape index (κ2) is 7.98. The summed E-state index contributed by atoms with van der Waals surface area (Å²) in [5, 5.41) is 3.39. The van der Waals surface area contributed by atoms with Crippen molar-refractivity contribution in [2.45, 2.75) is 19.6 Å². The van der Waals surface area contributed by atoms with E-state index in [1.165, 1.54) is 11.1 Å². The van der Waals surface area contributed by atoms with Gasteiger partial charge in [0.05, 0.1) is 18.9 Å². The molecule has 0 unspecified atom stereocenters. The summed E-state index contributed by atoms with van der Waals surface area (Å²) >= 11 is 0. The van der Waals surface area contributed by atoms with Crippen molar-refractivity contribution >= 4 is 0 Å². The Hall–Kier alpha value is -1.82. The lowest BCUT2D eigenvalue weighted by atomic mass is 10.1. The summed E-state index contributed by atoms with van der Waals surface area (Å²) in [5.41, 5.74) is 3.61. The number of ether oxygens (including phenoxy) is 1. The SMILES string of the molecule is c1cnc(CNCc2ccc(CN3CCOCC3)cc2)cn1. The molecule has 2 heterocycles. The molecule has 0 aliphatic carbocycles. The smallest absolute Gasteiger partial charge is 0.0724 e. The predicted octanol–water partition coefficient (Wildman–Crippen LogP) is 1.60. The second-order valence-corrected chi connectivity index (χ2v) is 5.51. The van der Waals surface area contributed by atoms with E-state index in [-0.39, 0.29) is 0 Å². The van der Waals surface area contributed by atoms with Crippen LogP contribution in [0.3, 0.4) is 0 Å². The largest absolute Gasteiger partial charge is 0.379 e. The van der Waals surface area contributed by atoms with Crippen LogP contribution in [0.4, 0.5) is 0 Å². The highest BCUT2D eigenvalue weighted by Gasteiger charge is 2.10. The number of nitrogens with zero attached hydrogens (tertiary/aromatic N) is 3. The van der Waals surface area contributed by atoms with Crippen LogP contribution >= 0.6 is 0 Å². The van der Waals surface area contributed by atoms with E-state index >= 15 is 0 Å². The van der Waals surface area contributed by atoms with E-state index in [2.05, 4.69) is 44.5 Å². The molecule has 1 fully saturated rings. The maximum Gasteiger partial charge on any atom is 0.0724 e. The third kappa shape index (κ3) is 4.59. The first kappa shape index (κ1) is 15.1. The first-order valence-corrected chi connectivity index (χ1v) is 7.74. The molecule has 0 radical (unpaired) electrons. The zero-order chi connectivity index (χ0) is 15.0. The van der Waals surface area contributed by atoms with Crippen molar-refractivity contribution in [3.8, 4) is 0 Å². The fourth-order valence-corrected chi connectivity index (χ4v) is 2.54. The minimum absolute atomic E-state index is 0.739. The van der Waals surface area contributed by atoms with Crippen LogP contribution in [0.5, 0.6) is 0 Å². The molecule has 1 aliphatic rings. The van der Waals surface area contributed by atoms with Crippen LogP contribution in [-0.2, 0) is 24.4 Å². The topological polar surface area (TPSA) is 50.3 Å². The maximum absolute atomic E-state index is 5.38. The van der Waals surface area contributed by atoms with Crippen molar-refractivity contribution in [2.75, 3.05) is 26.3 Å². The number of aromatic nitrogens is 2. The van der Waals surface area contributed by atoms with Crippen LogP contribution in [0, 0.1) is 0 Å². The first-order valence-electron chi connectivity index (χ1n) is 7.74. The fourth-order valence-electron chi connectivity index (χ4n) is 2.54. The summed E-state index contributed by atoms with van der Waals surface area (Å²) in [4.78, 5) is 10.7. The minimum Gasteiger partial charge on any atom is -0.379 e. The Bertz CT molecular complexity index is 553. The van der Waals surface area contributed by atoms with Crippen LogP contribution in [0.25, 0.3) is 0 Å². The molecule has 1 aromatic heterocycles. The van der Waals surface area contributed by atoms with Crippen molar-refractivity contribution in [1.82, 2.24) is 20.2 Å². The Labute approximate surface area is 131 Å². The van der Waals surface area contributed by atoms with Crippen LogP contribution in [0.15, 0.2) is 42.9 Å². The highest BCUT2D eigenvalue weighted by Crippen LogP contribution is 2.09. The molecule has 1 saturated heterocycles. The molecule has 0 bridgehead atoms. The molecule has 1 aliphatic heterocycles. The molecule has 1 N–H and O–H groups in total. The standard InChI is InChI=1S/C17H22N4O/c1-3-16(14-21-7-9-22-10-8-21)4-2-15(1)11-19-13-17-12-18-5-6-20-17/h1-6,12,19H,7-11,13-14H2. The van der Waals surface area contributed by atoms with E-state index in [1.54, 1.807) is 18.6 Å². The lowest BCUT2D eigenvalue weighted by Gasteiger charge is -2.26. The molecule has 0 spiro atoms. The van der Waals surface area contributed by atoms with Gasteiger partial charge in [0.15, 0.2) is 0 Å².